The Morgan fingerprint density at radius 1 is 1.30 bits per heavy atom. The maximum atomic E-state index is 13.8. The number of hydrogen-bond donors (Lipinski definition) is 1. The van der Waals surface area contributed by atoms with Gasteiger partial charge in [0.2, 0.25) is 0 Å². The molecular formula is C18H16FN3O. The van der Waals surface area contributed by atoms with Crippen LogP contribution in [0.3, 0.4) is 0 Å². The van der Waals surface area contributed by atoms with Crippen molar-refractivity contribution < 1.29 is 9.18 Å². The summed E-state index contributed by atoms with van der Waals surface area (Å²) < 4.78 is 15.9. The summed E-state index contributed by atoms with van der Waals surface area (Å²) in [5, 5.41) is 2.81. The van der Waals surface area contributed by atoms with Gasteiger partial charge in [-0.05, 0) is 24.1 Å². The Morgan fingerprint density at radius 3 is 3.00 bits per heavy atom. The van der Waals surface area contributed by atoms with Crippen molar-refractivity contribution in [1.29, 1.82) is 0 Å². The molecule has 0 unspecified atom stereocenters. The van der Waals surface area contributed by atoms with Crippen LogP contribution >= 0.6 is 0 Å². The molecule has 116 valence electrons. The second-order valence-corrected chi connectivity index (χ2v) is 5.72. The van der Waals surface area contributed by atoms with E-state index in [-0.39, 0.29) is 5.91 Å². The number of carbonyl (C=O) groups excluding carboxylic acids is 1. The molecule has 1 N–H and O–H groups in total. The first-order valence-corrected chi connectivity index (χ1v) is 7.74. The van der Waals surface area contributed by atoms with Gasteiger partial charge in [-0.1, -0.05) is 25.1 Å². The first-order chi connectivity index (χ1) is 11.2. The average molecular weight is 309 g/mol. The quantitative estimate of drug-likeness (QED) is 0.790. The molecule has 0 saturated heterocycles. The minimum Gasteiger partial charge on any atom is -0.350 e. The first-order valence-electron chi connectivity index (χ1n) is 7.74. The van der Waals surface area contributed by atoms with Crippen molar-refractivity contribution in [3.63, 3.8) is 0 Å². The van der Waals surface area contributed by atoms with Crippen LogP contribution in [-0.4, -0.2) is 22.0 Å². The summed E-state index contributed by atoms with van der Waals surface area (Å²) in [6, 6.07) is 10.8. The zero-order valence-corrected chi connectivity index (χ0v) is 12.8. The summed E-state index contributed by atoms with van der Waals surface area (Å²) in [5.41, 5.74) is 3.79. The van der Waals surface area contributed by atoms with E-state index < -0.39 is 5.82 Å². The zero-order chi connectivity index (χ0) is 16.0. The predicted octanol–water partition coefficient (Wildman–Crippen LogP) is 3.15. The predicted molar refractivity (Wildman–Crippen MR) is 86.8 cm³/mol. The summed E-state index contributed by atoms with van der Waals surface area (Å²) in [6.45, 7) is 3.22. The number of rotatable bonds is 2. The van der Waals surface area contributed by atoms with Gasteiger partial charge in [-0.3, -0.25) is 4.79 Å². The van der Waals surface area contributed by atoms with Gasteiger partial charge in [0.1, 0.15) is 11.6 Å². The highest BCUT2D eigenvalue weighted by Gasteiger charge is 2.23. The Bertz CT molecular complexity index is 929. The van der Waals surface area contributed by atoms with E-state index in [1.165, 1.54) is 17.7 Å². The molecule has 1 aliphatic heterocycles. The Labute approximate surface area is 133 Å². The lowest BCUT2D eigenvalue weighted by Crippen LogP contribution is -2.24. The van der Waals surface area contributed by atoms with E-state index in [2.05, 4.69) is 29.4 Å². The van der Waals surface area contributed by atoms with Crippen molar-refractivity contribution in [2.45, 2.75) is 19.9 Å². The van der Waals surface area contributed by atoms with E-state index in [0.717, 1.165) is 17.8 Å². The zero-order valence-electron chi connectivity index (χ0n) is 12.8. The molecule has 23 heavy (non-hydrogen) atoms. The lowest BCUT2D eigenvalue weighted by molar-refractivity contribution is 0.0956. The van der Waals surface area contributed by atoms with E-state index in [1.54, 1.807) is 0 Å². The second-order valence-electron chi connectivity index (χ2n) is 5.72. The normalized spacial score (nSPS) is 13.9. The summed E-state index contributed by atoms with van der Waals surface area (Å²) in [6.07, 6.45) is 0.938. The number of nitrogens with zero attached hydrogens (tertiary/aromatic N) is 2. The smallest absolute Gasteiger partial charge is 0.253 e. The van der Waals surface area contributed by atoms with Crippen molar-refractivity contribution in [3.8, 4) is 11.4 Å². The van der Waals surface area contributed by atoms with Gasteiger partial charge in [0.15, 0.2) is 0 Å². The Balaban J connectivity index is 2.03. The van der Waals surface area contributed by atoms with Crippen LogP contribution in [0.15, 0.2) is 36.4 Å². The SMILES string of the molecule is CCc1cccc(-c2nc3cc(F)cc4c3n2CCNC4=O)c1. The van der Waals surface area contributed by atoms with Crippen LogP contribution in [0.1, 0.15) is 22.8 Å². The van der Waals surface area contributed by atoms with Crippen LogP contribution in [0.2, 0.25) is 0 Å². The Kier molecular flexibility index (Phi) is 3.15. The molecule has 0 saturated carbocycles. The van der Waals surface area contributed by atoms with Crippen molar-refractivity contribution in [1.82, 2.24) is 14.9 Å². The molecule has 0 atom stereocenters. The monoisotopic (exact) mass is 309 g/mol. The second kappa shape index (κ2) is 5.19. The number of benzene rings is 2. The fourth-order valence-corrected chi connectivity index (χ4v) is 3.15. The summed E-state index contributed by atoms with van der Waals surface area (Å²) in [7, 11) is 0. The molecule has 0 radical (unpaired) electrons. The van der Waals surface area contributed by atoms with Gasteiger partial charge >= 0.3 is 0 Å². The number of carbonyl (C=O) groups is 1. The number of imidazole rings is 1. The van der Waals surface area contributed by atoms with Crippen LogP contribution in [0.25, 0.3) is 22.4 Å². The largest absolute Gasteiger partial charge is 0.350 e. The Morgan fingerprint density at radius 2 is 2.17 bits per heavy atom. The van der Waals surface area contributed by atoms with Crippen LogP contribution in [-0.2, 0) is 13.0 Å². The van der Waals surface area contributed by atoms with E-state index in [1.807, 2.05) is 16.7 Å². The highest BCUT2D eigenvalue weighted by molar-refractivity contribution is 6.06. The van der Waals surface area contributed by atoms with Crippen molar-refractivity contribution in [2.24, 2.45) is 0 Å². The number of aromatic nitrogens is 2. The maximum Gasteiger partial charge on any atom is 0.253 e. The molecule has 1 aliphatic rings. The molecule has 1 aromatic heterocycles. The number of nitrogens with one attached hydrogen (secondary N) is 1. The fraction of sp³-hybridized carbons (Fsp3) is 0.222. The van der Waals surface area contributed by atoms with Crippen LogP contribution in [0.4, 0.5) is 4.39 Å². The van der Waals surface area contributed by atoms with Gasteiger partial charge in [-0.25, -0.2) is 9.37 Å². The van der Waals surface area contributed by atoms with Crippen LogP contribution < -0.4 is 5.32 Å². The lowest BCUT2D eigenvalue weighted by atomic mass is 10.1. The molecule has 2 heterocycles. The number of aryl methyl sites for hydroxylation is 1. The summed E-state index contributed by atoms with van der Waals surface area (Å²) >= 11 is 0. The number of hydrogen-bond acceptors (Lipinski definition) is 2. The van der Waals surface area contributed by atoms with E-state index in [0.29, 0.717) is 29.7 Å². The number of halogens is 1. The van der Waals surface area contributed by atoms with Crippen molar-refractivity contribution in [3.05, 3.63) is 53.3 Å². The average Bonchev–Trinajstić information content (AvgIpc) is 2.83. The van der Waals surface area contributed by atoms with Gasteiger partial charge in [-0.2, -0.15) is 0 Å². The van der Waals surface area contributed by atoms with E-state index in [4.69, 9.17) is 0 Å². The molecule has 5 heteroatoms. The standard InChI is InChI=1S/C18H16FN3O/c1-2-11-4-3-5-12(8-11)17-21-15-10-13(19)9-14-16(15)22(17)7-6-20-18(14)23/h3-5,8-10H,2,6-7H2,1H3,(H,20,23). The molecule has 0 spiro atoms. The molecular weight excluding hydrogens is 293 g/mol. The highest BCUT2D eigenvalue weighted by Crippen LogP contribution is 2.29. The van der Waals surface area contributed by atoms with Crippen LogP contribution in [0, 0.1) is 5.82 Å². The molecule has 4 rings (SSSR count). The first kappa shape index (κ1) is 13.9. The van der Waals surface area contributed by atoms with Gasteiger partial charge in [0, 0.05) is 24.7 Å². The van der Waals surface area contributed by atoms with Gasteiger partial charge in [-0.15, -0.1) is 0 Å². The third-order valence-corrected chi connectivity index (χ3v) is 4.27. The number of amides is 1. The minimum atomic E-state index is -0.442. The van der Waals surface area contributed by atoms with Gasteiger partial charge in [0.05, 0.1) is 16.6 Å². The molecule has 3 aromatic rings. The minimum absolute atomic E-state index is 0.248. The molecule has 2 aromatic carbocycles. The topological polar surface area (TPSA) is 46.9 Å². The van der Waals surface area contributed by atoms with Crippen LogP contribution in [0.5, 0.6) is 0 Å². The molecule has 0 bridgehead atoms. The maximum absolute atomic E-state index is 13.8. The van der Waals surface area contributed by atoms with Crippen molar-refractivity contribution >= 4 is 16.9 Å². The molecule has 0 aliphatic carbocycles. The molecule has 1 amide bonds. The third-order valence-electron chi connectivity index (χ3n) is 4.27. The highest BCUT2D eigenvalue weighted by atomic mass is 19.1. The molecule has 0 fully saturated rings. The molecule has 4 nitrogen and oxygen atoms in total. The summed E-state index contributed by atoms with van der Waals surface area (Å²) in [5.74, 6) is 0.0868. The van der Waals surface area contributed by atoms with E-state index in [9.17, 15) is 9.18 Å². The third kappa shape index (κ3) is 2.20. The van der Waals surface area contributed by atoms with E-state index >= 15 is 0 Å². The van der Waals surface area contributed by atoms with Gasteiger partial charge in [0.25, 0.3) is 5.91 Å². The Hall–Kier alpha value is -2.69. The van der Waals surface area contributed by atoms with Gasteiger partial charge < -0.3 is 9.88 Å². The van der Waals surface area contributed by atoms with Crippen molar-refractivity contribution in [2.75, 3.05) is 6.54 Å². The summed E-state index contributed by atoms with van der Waals surface area (Å²) in [4.78, 5) is 16.8. The lowest BCUT2D eigenvalue weighted by Gasteiger charge is -2.08. The fourth-order valence-electron chi connectivity index (χ4n) is 3.15.